The number of piperidine rings is 1. The SMILES string of the molecule is CC(N)C1CCCN(C(=O)c2ccc(S(=O)(=O)NCC3CCCO3)cc2)C1. The second-order valence-electron chi connectivity index (χ2n) is 7.52. The molecule has 2 aliphatic rings. The molecule has 2 heterocycles. The Balaban J connectivity index is 1.62. The quantitative estimate of drug-likeness (QED) is 0.757. The Labute approximate surface area is 161 Å². The van der Waals surface area contributed by atoms with Crippen molar-refractivity contribution in [2.24, 2.45) is 11.7 Å². The fourth-order valence-electron chi connectivity index (χ4n) is 3.67. The van der Waals surface area contributed by atoms with E-state index >= 15 is 0 Å². The Kier molecular flexibility index (Phi) is 6.52. The zero-order valence-electron chi connectivity index (χ0n) is 15.8. The number of amides is 1. The minimum Gasteiger partial charge on any atom is -0.377 e. The molecule has 0 radical (unpaired) electrons. The van der Waals surface area contributed by atoms with Gasteiger partial charge >= 0.3 is 0 Å². The molecule has 27 heavy (non-hydrogen) atoms. The van der Waals surface area contributed by atoms with E-state index in [1.165, 1.54) is 12.1 Å². The van der Waals surface area contributed by atoms with Gasteiger partial charge in [0, 0.05) is 37.8 Å². The molecular formula is C19H29N3O4S. The van der Waals surface area contributed by atoms with E-state index in [4.69, 9.17) is 10.5 Å². The summed E-state index contributed by atoms with van der Waals surface area (Å²) in [5.41, 5.74) is 6.49. The van der Waals surface area contributed by atoms with Crippen LogP contribution in [0.2, 0.25) is 0 Å². The lowest BCUT2D eigenvalue weighted by Gasteiger charge is -2.34. The Bertz CT molecular complexity index is 743. The number of benzene rings is 1. The summed E-state index contributed by atoms with van der Waals surface area (Å²) < 4.78 is 32.9. The van der Waals surface area contributed by atoms with Gasteiger partial charge in [-0.2, -0.15) is 0 Å². The van der Waals surface area contributed by atoms with E-state index in [0.29, 0.717) is 31.2 Å². The zero-order chi connectivity index (χ0) is 19.4. The van der Waals surface area contributed by atoms with Gasteiger partial charge in [-0.3, -0.25) is 4.79 Å². The van der Waals surface area contributed by atoms with Gasteiger partial charge in [-0.05, 0) is 62.8 Å². The van der Waals surface area contributed by atoms with Crippen LogP contribution in [0.5, 0.6) is 0 Å². The average Bonchev–Trinajstić information content (AvgIpc) is 3.20. The van der Waals surface area contributed by atoms with Crippen LogP contribution in [0.25, 0.3) is 0 Å². The fraction of sp³-hybridized carbons (Fsp3) is 0.632. The van der Waals surface area contributed by atoms with Crippen LogP contribution >= 0.6 is 0 Å². The van der Waals surface area contributed by atoms with E-state index in [1.807, 2.05) is 11.8 Å². The number of nitrogens with one attached hydrogen (secondary N) is 1. The third kappa shape index (κ3) is 5.07. The number of likely N-dealkylation sites (tertiary alicyclic amines) is 1. The molecule has 0 saturated carbocycles. The van der Waals surface area contributed by atoms with Crippen molar-refractivity contribution in [3.05, 3.63) is 29.8 Å². The summed E-state index contributed by atoms with van der Waals surface area (Å²) in [4.78, 5) is 14.7. The molecule has 7 nitrogen and oxygen atoms in total. The summed E-state index contributed by atoms with van der Waals surface area (Å²) in [7, 11) is -3.61. The molecular weight excluding hydrogens is 366 g/mol. The van der Waals surface area contributed by atoms with E-state index in [0.717, 1.165) is 25.7 Å². The third-order valence-electron chi connectivity index (χ3n) is 5.43. The molecule has 2 aliphatic heterocycles. The predicted molar refractivity (Wildman–Crippen MR) is 103 cm³/mol. The first-order valence-corrected chi connectivity index (χ1v) is 11.1. The molecule has 0 aromatic heterocycles. The van der Waals surface area contributed by atoms with Gasteiger partial charge in [-0.1, -0.05) is 0 Å². The molecule has 0 aliphatic carbocycles. The highest BCUT2D eigenvalue weighted by Gasteiger charge is 2.27. The number of hydrogen-bond acceptors (Lipinski definition) is 5. The van der Waals surface area contributed by atoms with Gasteiger partial charge in [0.2, 0.25) is 10.0 Å². The normalized spacial score (nSPS) is 24.7. The predicted octanol–water partition coefficient (Wildman–Crippen LogP) is 1.34. The van der Waals surface area contributed by atoms with Crippen LogP contribution in [0.4, 0.5) is 0 Å². The number of rotatable bonds is 6. The molecule has 1 amide bonds. The number of sulfonamides is 1. The van der Waals surface area contributed by atoms with Crippen molar-refractivity contribution in [2.75, 3.05) is 26.2 Å². The van der Waals surface area contributed by atoms with Crippen molar-refractivity contribution in [1.82, 2.24) is 9.62 Å². The minimum absolute atomic E-state index is 0.0578. The maximum Gasteiger partial charge on any atom is 0.253 e. The van der Waals surface area contributed by atoms with Crippen LogP contribution in [0.1, 0.15) is 43.0 Å². The summed E-state index contributed by atoms with van der Waals surface area (Å²) >= 11 is 0. The van der Waals surface area contributed by atoms with Crippen LogP contribution < -0.4 is 10.5 Å². The average molecular weight is 396 g/mol. The summed E-state index contributed by atoms with van der Waals surface area (Å²) in [6, 6.07) is 6.19. The monoisotopic (exact) mass is 395 g/mol. The molecule has 150 valence electrons. The molecule has 2 saturated heterocycles. The molecule has 3 N–H and O–H groups in total. The van der Waals surface area contributed by atoms with Gasteiger partial charge in [0.1, 0.15) is 0 Å². The van der Waals surface area contributed by atoms with Gasteiger partial charge in [0.05, 0.1) is 11.0 Å². The van der Waals surface area contributed by atoms with Crippen molar-refractivity contribution in [3.8, 4) is 0 Å². The van der Waals surface area contributed by atoms with Crippen LogP contribution in [0.15, 0.2) is 29.2 Å². The van der Waals surface area contributed by atoms with E-state index in [2.05, 4.69) is 4.72 Å². The van der Waals surface area contributed by atoms with E-state index in [1.54, 1.807) is 12.1 Å². The summed E-state index contributed by atoms with van der Waals surface area (Å²) in [6.45, 7) is 4.30. The maximum absolute atomic E-state index is 12.7. The molecule has 1 aromatic rings. The van der Waals surface area contributed by atoms with E-state index in [-0.39, 0.29) is 29.5 Å². The Morgan fingerprint density at radius 2 is 2.04 bits per heavy atom. The second-order valence-corrected chi connectivity index (χ2v) is 9.29. The standard InChI is InChI=1S/C19H29N3O4S/c1-14(20)16-4-2-10-22(13-16)19(23)15-6-8-18(9-7-15)27(24,25)21-12-17-5-3-11-26-17/h6-9,14,16-17,21H,2-5,10-13,20H2,1H3. The molecule has 3 rings (SSSR count). The largest absolute Gasteiger partial charge is 0.377 e. The highest BCUT2D eigenvalue weighted by atomic mass is 32.2. The molecule has 3 unspecified atom stereocenters. The van der Waals surface area contributed by atoms with Crippen LogP contribution in [-0.4, -0.2) is 57.6 Å². The first kappa shape index (κ1) is 20.3. The molecule has 0 spiro atoms. The molecule has 3 atom stereocenters. The van der Waals surface area contributed by atoms with Crippen LogP contribution in [-0.2, 0) is 14.8 Å². The highest BCUT2D eigenvalue weighted by molar-refractivity contribution is 7.89. The van der Waals surface area contributed by atoms with E-state index in [9.17, 15) is 13.2 Å². The fourth-order valence-corrected chi connectivity index (χ4v) is 4.74. The van der Waals surface area contributed by atoms with Crippen LogP contribution in [0, 0.1) is 5.92 Å². The number of nitrogens with two attached hydrogens (primary N) is 1. The van der Waals surface area contributed by atoms with E-state index < -0.39 is 10.0 Å². The second kappa shape index (κ2) is 8.68. The first-order chi connectivity index (χ1) is 12.9. The highest BCUT2D eigenvalue weighted by Crippen LogP contribution is 2.21. The number of nitrogens with zero attached hydrogens (tertiary/aromatic N) is 1. The molecule has 1 aromatic carbocycles. The number of carbonyl (C=O) groups is 1. The summed E-state index contributed by atoms with van der Waals surface area (Å²) in [5, 5.41) is 0. The zero-order valence-corrected chi connectivity index (χ0v) is 16.6. The smallest absolute Gasteiger partial charge is 0.253 e. The van der Waals surface area contributed by atoms with Gasteiger partial charge in [-0.25, -0.2) is 13.1 Å². The lowest BCUT2D eigenvalue weighted by Crippen LogP contribution is -2.45. The van der Waals surface area contributed by atoms with Crippen molar-refractivity contribution < 1.29 is 17.9 Å². The van der Waals surface area contributed by atoms with Gasteiger partial charge in [-0.15, -0.1) is 0 Å². The lowest BCUT2D eigenvalue weighted by molar-refractivity contribution is 0.0661. The maximum atomic E-state index is 12.7. The Hall–Kier alpha value is -1.48. The summed E-state index contributed by atoms with van der Waals surface area (Å²) in [6.07, 6.45) is 3.75. The van der Waals surface area contributed by atoms with Gasteiger partial charge < -0.3 is 15.4 Å². The van der Waals surface area contributed by atoms with Gasteiger partial charge in [0.15, 0.2) is 0 Å². The van der Waals surface area contributed by atoms with Crippen molar-refractivity contribution in [2.45, 2.75) is 49.6 Å². The number of ether oxygens (including phenoxy) is 1. The van der Waals surface area contributed by atoms with Crippen molar-refractivity contribution >= 4 is 15.9 Å². The summed E-state index contributed by atoms with van der Waals surface area (Å²) in [5.74, 6) is 0.237. The third-order valence-corrected chi connectivity index (χ3v) is 6.86. The Morgan fingerprint density at radius 1 is 1.30 bits per heavy atom. The van der Waals surface area contributed by atoms with Crippen molar-refractivity contribution in [3.63, 3.8) is 0 Å². The number of carbonyl (C=O) groups excluding carboxylic acids is 1. The van der Waals surface area contributed by atoms with Crippen molar-refractivity contribution in [1.29, 1.82) is 0 Å². The minimum atomic E-state index is -3.61. The lowest BCUT2D eigenvalue weighted by atomic mass is 9.92. The molecule has 8 heteroatoms. The topological polar surface area (TPSA) is 102 Å². The molecule has 0 bridgehead atoms. The molecule has 2 fully saturated rings. The number of hydrogen-bond donors (Lipinski definition) is 2. The van der Waals surface area contributed by atoms with Gasteiger partial charge in [0.25, 0.3) is 5.91 Å². The Morgan fingerprint density at radius 3 is 2.67 bits per heavy atom. The first-order valence-electron chi connectivity index (χ1n) is 9.63. The van der Waals surface area contributed by atoms with Crippen LogP contribution in [0.3, 0.4) is 0 Å².